The molecule has 20 heavy (non-hydrogen) atoms. The molecule has 0 unspecified atom stereocenters. The number of halogens is 2. The molecule has 7 heteroatoms. The molecule has 0 N–H and O–H groups in total. The Labute approximate surface area is 127 Å². The van der Waals surface area contributed by atoms with Crippen molar-refractivity contribution in [2.45, 2.75) is 0 Å². The summed E-state index contributed by atoms with van der Waals surface area (Å²) in [5.41, 5.74) is 0.171. The Morgan fingerprint density at radius 2 is 2.00 bits per heavy atom. The van der Waals surface area contributed by atoms with E-state index in [2.05, 4.69) is 15.9 Å². The molecule has 0 aliphatic rings. The molecule has 0 radical (unpaired) electrons. The largest absolute Gasteiger partial charge is 0.455 e. The summed E-state index contributed by atoms with van der Waals surface area (Å²) >= 11 is 8.96. The first-order valence-electron chi connectivity index (χ1n) is 5.38. The van der Waals surface area contributed by atoms with E-state index in [0.717, 1.165) is 0 Å². The molecule has 0 spiro atoms. The summed E-state index contributed by atoms with van der Waals surface area (Å²) in [6, 6.07) is 8.92. The third-order valence-electron chi connectivity index (χ3n) is 2.46. The highest BCUT2D eigenvalue weighted by Gasteiger charge is 2.17. The molecule has 0 aromatic heterocycles. The van der Waals surface area contributed by atoms with Crippen LogP contribution in [0, 0.1) is 10.1 Å². The Morgan fingerprint density at radius 1 is 1.25 bits per heavy atom. The highest BCUT2D eigenvalue weighted by Crippen LogP contribution is 2.37. The van der Waals surface area contributed by atoms with Crippen molar-refractivity contribution < 1.29 is 14.5 Å². The number of ether oxygens (including phenoxy) is 1. The Hall–Kier alpha value is -1.92. The van der Waals surface area contributed by atoms with Gasteiger partial charge in [0.1, 0.15) is 16.0 Å². The van der Waals surface area contributed by atoms with E-state index < -0.39 is 4.92 Å². The van der Waals surface area contributed by atoms with Gasteiger partial charge in [0.25, 0.3) is 5.69 Å². The number of nitrogens with zero attached hydrogens (tertiary/aromatic N) is 1. The standard InChI is InChI=1S/C13H7BrClNO4/c14-13-10(16(18)19)2-1-3-11(13)20-12-6-9(15)5-4-8(12)7-17/h1-7H. The number of nitro groups is 1. The third-order valence-corrected chi connectivity index (χ3v) is 3.49. The summed E-state index contributed by atoms with van der Waals surface area (Å²) in [5.74, 6) is 0.457. The van der Waals surface area contributed by atoms with Crippen LogP contribution in [0.3, 0.4) is 0 Å². The quantitative estimate of drug-likeness (QED) is 0.455. The van der Waals surface area contributed by atoms with Gasteiger partial charge in [-0.15, -0.1) is 0 Å². The number of rotatable bonds is 4. The van der Waals surface area contributed by atoms with Gasteiger partial charge in [-0.25, -0.2) is 0 Å². The van der Waals surface area contributed by atoms with Crippen molar-refractivity contribution in [3.63, 3.8) is 0 Å². The molecule has 0 amide bonds. The molecule has 2 aromatic rings. The fourth-order valence-corrected chi connectivity index (χ4v) is 2.18. The number of nitro benzene ring substituents is 1. The van der Waals surface area contributed by atoms with E-state index in [1.807, 2.05) is 0 Å². The zero-order valence-corrected chi connectivity index (χ0v) is 12.2. The number of aldehydes is 1. The second-order valence-electron chi connectivity index (χ2n) is 3.75. The molecule has 0 bridgehead atoms. The lowest BCUT2D eigenvalue weighted by atomic mass is 10.2. The van der Waals surface area contributed by atoms with Gasteiger partial charge in [-0.1, -0.05) is 17.7 Å². The predicted octanol–water partition coefficient (Wildman–Crippen LogP) is 4.62. The van der Waals surface area contributed by atoms with E-state index in [1.54, 1.807) is 12.1 Å². The molecule has 2 rings (SSSR count). The van der Waals surface area contributed by atoms with Crippen LogP contribution in [0.2, 0.25) is 5.02 Å². The number of hydrogen-bond donors (Lipinski definition) is 0. The zero-order valence-electron chi connectivity index (χ0n) is 9.88. The first-order valence-corrected chi connectivity index (χ1v) is 6.55. The van der Waals surface area contributed by atoms with Crippen molar-refractivity contribution >= 4 is 39.5 Å². The maximum absolute atomic E-state index is 10.9. The Bertz CT molecular complexity index is 690. The molecule has 0 atom stereocenters. The average molecular weight is 357 g/mol. The smallest absolute Gasteiger partial charge is 0.287 e. The lowest BCUT2D eigenvalue weighted by Crippen LogP contribution is -1.94. The van der Waals surface area contributed by atoms with Gasteiger partial charge in [0.2, 0.25) is 0 Å². The van der Waals surface area contributed by atoms with Crippen molar-refractivity contribution in [3.8, 4) is 11.5 Å². The molecular weight excluding hydrogens is 350 g/mol. The Kier molecular flexibility index (Phi) is 4.36. The molecule has 102 valence electrons. The molecule has 5 nitrogen and oxygen atoms in total. The van der Waals surface area contributed by atoms with Gasteiger partial charge >= 0.3 is 0 Å². The fourth-order valence-electron chi connectivity index (χ4n) is 1.53. The normalized spacial score (nSPS) is 10.1. The molecule has 0 aliphatic heterocycles. The summed E-state index contributed by atoms with van der Waals surface area (Å²) in [6.45, 7) is 0. The molecule has 0 saturated carbocycles. The fraction of sp³-hybridized carbons (Fsp3) is 0. The topological polar surface area (TPSA) is 69.4 Å². The van der Waals surface area contributed by atoms with Crippen LogP contribution in [-0.4, -0.2) is 11.2 Å². The molecular formula is C13H7BrClNO4. The van der Waals surface area contributed by atoms with E-state index in [0.29, 0.717) is 16.9 Å². The number of carbonyl (C=O) groups excluding carboxylic acids is 1. The second kappa shape index (κ2) is 6.02. The predicted molar refractivity (Wildman–Crippen MR) is 77.7 cm³/mol. The second-order valence-corrected chi connectivity index (χ2v) is 4.98. The van der Waals surface area contributed by atoms with Crippen LogP contribution < -0.4 is 4.74 Å². The maximum Gasteiger partial charge on any atom is 0.287 e. The minimum Gasteiger partial charge on any atom is -0.455 e. The van der Waals surface area contributed by atoms with Crippen LogP contribution >= 0.6 is 27.5 Å². The van der Waals surface area contributed by atoms with E-state index in [-0.39, 0.29) is 21.7 Å². The lowest BCUT2D eigenvalue weighted by Gasteiger charge is -2.10. The maximum atomic E-state index is 10.9. The van der Waals surface area contributed by atoms with Gasteiger partial charge in [-0.3, -0.25) is 14.9 Å². The number of carbonyl (C=O) groups is 1. The average Bonchev–Trinajstić information content (AvgIpc) is 2.41. The van der Waals surface area contributed by atoms with Gasteiger partial charge in [0, 0.05) is 17.2 Å². The highest BCUT2D eigenvalue weighted by molar-refractivity contribution is 9.10. The molecule has 0 heterocycles. The molecule has 0 aliphatic carbocycles. The van der Waals surface area contributed by atoms with Crippen LogP contribution in [0.15, 0.2) is 40.9 Å². The SMILES string of the molecule is O=Cc1ccc(Cl)cc1Oc1cccc([N+](=O)[O-])c1Br. The first kappa shape index (κ1) is 14.5. The van der Waals surface area contributed by atoms with Crippen LogP contribution in [0.25, 0.3) is 0 Å². The van der Waals surface area contributed by atoms with E-state index in [9.17, 15) is 14.9 Å². The highest BCUT2D eigenvalue weighted by atomic mass is 79.9. The minimum atomic E-state index is -0.532. The summed E-state index contributed by atoms with van der Waals surface area (Å²) < 4.78 is 5.73. The molecule has 0 saturated heterocycles. The summed E-state index contributed by atoms with van der Waals surface area (Å²) in [5, 5.41) is 11.2. The lowest BCUT2D eigenvalue weighted by molar-refractivity contribution is -0.385. The zero-order chi connectivity index (χ0) is 14.7. The monoisotopic (exact) mass is 355 g/mol. The van der Waals surface area contributed by atoms with Gasteiger partial charge < -0.3 is 4.74 Å². The van der Waals surface area contributed by atoms with E-state index >= 15 is 0 Å². The van der Waals surface area contributed by atoms with E-state index in [1.165, 1.54) is 24.3 Å². The Morgan fingerprint density at radius 3 is 2.65 bits per heavy atom. The summed E-state index contributed by atoms with van der Waals surface area (Å²) in [4.78, 5) is 21.3. The molecule has 0 fully saturated rings. The van der Waals surface area contributed by atoms with Crippen LogP contribution in [0.1, 0.15) is 10.4 Å². The van der Waals surface area contributed by atoms with Crippen molar-refractivity contribution in [2.75, 3.05) is 0 Å². The minimum absolute atomic E-state index is 0.128. The summed E-state index contributed by atoms with van der Waals surface area (Å²) in [6.07, 6.45) is 0.622. The van der Waals surface area contributed by atoms with Crippen LogP contribution in [0.4, 0.5) is 5.69 Å². The van der Waals surface area contributed by atoms with Crippen molar-refractivity contribution in [1.29, 1.82) is 0 Å². The van der Waals surface area contributed by atoms with Crippen LogP contribution in [-0.2, 0) is 0 Å². The molecule has 2 aromatic carbocycles. The Balaban J connectivity index is 2.45. The first-order chi connectivity index (χ1) is 9.52. The van der Waals surface area contributed by atoms with E-state index in [4.69, 9.17) is 16.3 Å². The number of benzene rings is 2. The van der Waals surface area contributed by atoms with Gasteiger partial charge in [0.15, 0.2) is 6.29 Å². The van der Waals surface area contributed by atoms with Crippen molar-refractivity contribution in [3.05, 3.63) is 61.6 Å². The van der Waals surface area contributed by atoms with Gasteiger partial charge in [-0.2, -0.15) is 0 Å². The third kappa shape index (κ3) is 2.97. The van der Waals surface area contributed by atoms with Crippen LogP contribution in [0.5, 0.6) is 11.5 Å². The van der Waals surface area contributed by atoms with Gasteiger partial charge in [-0.05, 0) is 34.1 Å². The number of hydrogen-bond acceptors (Lipinski definition) is 4. The van der Waals surface area contributed by atoms with Crippen molar-refractivity contribution in [2.24, 2.45) is 0 Å². The van der Waals surface area contributed by atoms with Crippen molar-refractivity contribution in [1.82, 2.24) is 0 Å². The summed E-state index contributed by atoms with van der Waals surface area (Å²) in [7, 11) is 0. The van der Waals surface area contributed by atoms with Gasteiger partial charge in [0.05, 0.1) is 10.5 Å².